The van der Waals surface area contributed by atoms with Crippen LogP contribution in [0.4, 0.5) is 11.4 Å². The SMILES string of the molecule is CCCCC(=O)N1c2ccccc2NC2=C(C(=O)CC(C)(C)C2)C1c1ccc(OC)cc1OC. The van der Waals surface area contributed by atoms with Gasteiger partial charge < -0.3 is 14.8 Å². The van der Waals surface area contributed by atoms with Gasteiger partial charge in [-0.3, -0.25) is 14.5 Å². The minimum atomic E-state index is -0.597. The number of methoxy groups -OCH3 is 2. The van der Waals surface area contributed by atoms with Gasteiger partial charge >= 0.3 is 0 Å². The summed E-state index contributed by atoms with van der Waals surface area (Å²) in [5.74, 6) is 1.29. The lowest BCUT2D eigenvalue weighted by Crippen LogP contribution is -2.39. The van der Waals surface area contributed by atoms with E-state index < -0.39 is 6.04 Å². The largest absolute Gasteiger partial charge is 0.497 e. The minimum absolute atomic E-state index is 0.00893. The molecule has 0 saturated carbocycles. The molecule has 0 radical (unpaired) electrons. The molecule has 2 aromatic rings. The first-order valence-electron chi connectivity index (χ1n) is 12.0. The van der Waals surface area contributed by atoms with Crippen molar-refractivity contribution >= 4 is 23.1 Å². The zero-order valence-corrected chi connectivity index (χ0v) is 20.7. The summed E-state index contributed by atoms with van der Waals surface area (Å²) in [6.45, 7) is 6.29. The first-order valence-corrected chi connectivity index (χ1v) is 12.0. The molecule has 2 aromatic carbocycles. The summed E-state index contributed by atoms with van der Waals surface area (Å²) in [5.41, 5.74) is 3.72. The summed E-state index contributed by atoms with van der Waals surface area (Å²) in [6.07, 6.45) is 3.24. The van der Waals surface area contributed by atoms with E-state index in [0.29, 0.717) is 36.3 Å². The van der Waals surface area contributed by atoms with Gasteiger partial charge in [0, 0.05) is 35.7 Å². The molecule has 0 saturated heterocycles. The number of nitrogens with zero attached hydrogens (tertiary/aromatic N) is 1. The van der Waals surface area contributed by atoms with Gasteiger partial charge in [-0.1, -0.05) is 39.3 Å². The molecule has 4 rings (SSSR count). The number of fused-ring (bicyclic) bond motifs is 1. The third kappa shape index (κ3) is 4.41. The van der Waals surface area contributed by atoms with Gasteiger partial charge in [0.25, 0.3) is 0 Å². The van der Waals surface area contributed by atoms with Gasteiger partial charge in [0.2, 0.25) is 5.91 Å². The minimum Gasteiger partial charge on any atom is -0.497 e. The van der Waals surface area contributed by atoms with Gasteiger partial charge in [-0.05, 0) is 42.5 Å². The number of Topliss-reactive ketones (excluding diaryl/α,β-unsaturated/α-hetero) is 1. The highest BCUT2D eigenvalue weighted by Crippen LogP contribution is 2.50. The first-order chi connectivity index (χ1) is 16.3. The molecule has 1 aliphatic carbocycles. The quantitative estimate of drug-likeness (QED) is 0.567. The molecule has 34 heavy (non-hydrogen) atoms. The molecule has 1 heterocycles. The van der Waals surface area contributed by atoms with Gasteiger partial charge in [0.05, 0.1) is 31.6 Å². The van der Waals surface area contributed by atoms with Crippen LogP contribution in [0.1, 0.15) is 64.5 Å². The molecule has 0 bridgehead atoms. The molecule has 0 fully saturated rings. The number of ketones is 1. The molecule has 1 amide bonds. The number of nitrogens with one attached hydrogen (secondary N) is 1. The maximum Gasteiger partial charge on any atom is 0.227 e. The fourth-order valence-electron chi connectivity index (χ4n) is 5.05. The molecular formula is C28H34N2O4. The van der Waals surface area contributed by atoms with Crippen molar-refractivity contribution in [3.05, 3.63) is 59.3 Å². The number of hydrogen-bond acceptors (Lipinski definition) is 5. The number of ether oxygens (including phenoxy) is 2. The molecule has 6 nitrogen and oxygen atoms in total. The second-order valence-corrected chi connectivity index (χ2v) is 9.85. The van der Waals surface area contributed by atoms with Crippen molar-refractivity contribution in [2.24, 2.45) is 5.41 Å². The number of amides is 1. The maximum atomic E-state index is 13.8. The lowest BCUT2D eigenvalue weighted by Gasteiger charge is -2.37. The predicted octanol–water partition coefficient (Wildman–Crippen LogP) is 6.04. The van der Waals surface area contributed by atoms with E-state index >= 15 is 0 Å². The van der Waals surface area contributed by atoms with E-state index in [0.717, 1.165) is 35.5 Å². The molecule has 2 aliphatic rings. The van der Waals surface area contributed by atoms with Crippen LogP contribution in [0.3, 0.4) is 0 Å². The van der Waals surface area contributed by atoms with Crippen molar-refractivity contribution in [2.45, 2.75) is 58.9 Å². The third-order valence-corrected chi connectivity index (χ3v) is 6.65. The van der Waals surface area contributed by atoms with E-state index in [1.807, 2.05) is 42.5 Å². The van der Waals surface area contributed by atoms with Crippen LogP contribution in [0.2, 0.25) is 0 Å². The van der Waals surface area contributed by atoms with Gasteiger partial charge in [-0.2, -0.15) is 0 Å². The number of carbonyl (C=O) groups is 2. The Kier molecular flexibility index (Phi) is 6.69. The number of anilines is 2. The van der Waals surface area contributed by atoms with Crippen LogP contribution < -0.4 is 19.7 Å². The van der Waals surface area contributed by atoms with Gasteiger partial charge in [-0.25, -0.2) is 0 Å². The summed E-state index contributed by atoms with van der Waals surface area (Å²) < 4.78 is 11.2. The normalized spacial score (nSPS) is 19.0. The molecule has 0 aromatic heterocycles. The lowest BCUT2D eigenvalue weighted by atomic mass is 9.73. The molecule has 1 atom stereocenters. The molecule has 180 valence electrons. The Balaban J connectivity index is 2.01. The van der Waals surface area contributed by atoms with Crippen molar-refractivity contribution < 1.29 is 19.1 Å². The summed E-state index contributed by atoms with van der Waals surface area (Å²) in [6, 6.07) is 12.8. The highest BCUT2D eigenvalue weighted by molar-refractivity contribution is 6.06. The highest BCUT2D eigenvalue weighted by Gasteiger charge is 2.44. The Hall–Kier alpha value is -3.28. The number of hydrogen-bond donors (Lipinski definition) is 1. The number of carbonyl (C=O) groups excluding carboxylic acids is 2. The Labute approximate surface area is 201 Å². The maximum absolute atomic E-state index is 13.8. The van der Waals surface area contributed by atoms with Crippen LogP contribution in [-0.4, -0.2) is 25.9 Å². The van der Waals surface area contributed by atoms with Gasteiger partial charge in [-0.15, -0.1) is 0 Å². The van der Waals surface area contributed by atoms with Crippen molar-refractivity contribution in [2.75, 3.05) is 24.4 Å². The lowest BCUT2D eigenvalue weighted by molar-refractivity contribution is -0.119. The van der Waals surface area contributed by atoms with Crippen LogP contribution in [-0.2, 0) is 9.59 Å². The Morgan fingerprint density at radius 1 is 1.12 bits per heavy atom. The molecule has 6 heteroatoms. The summed E-state index contributed by atoms with van der Waals surface area (Å²) >= 11 is 0. The van der Waals surface area contributed by atoms with Crippen molar-refractivity contribution in [3.8, 4) is 11.5 Å². The molecule has 0 spiro atoms. The monoisotopic (exact) mass is 462 g/mol. The Bertz CT molecular complexity index is 1130. The van der Waals surface area contributed by atoms with E-state index in [1.54, 1.807) is 19.1 Å². The summed E-state index contributed by atoms with van der Waals surface area (Å²) in [4.78, 5) is 29.3. The standard InChI is InChI=1S/C28H34N2O4/c1-6-7-12-25(32)30-22-11-9-8-10-20(22)29-21-16-28(2,3)17-23(31)26(21)27(30)19-14-13-18(33-4)15-24(19)34-5/h8-11,13-15,27,29H,6-7,12,16-17H2,1-5H3. The number of unbranched alkanes of at least 4 members (excludes halogenated alkanes) is 1. The van der Waals surface area contributed by atoms with E-state index in [2.05, 4.69) is 26.1 Å². The summed E-state index contributed by atoms with van der Waals surface area (Å²) in [7, 11) is 3.21. The fourth-order valence-corrected chi connectivity index (χ4v) is 5.05. The Morgan fingerprint density at radius 3 is 2.59 bits per heavy atom. The van der Waals surface area contributed by atoms with Crippen LogP contribution in [0.15, 0.2) is 53.7 Å². The first kappa shape index (κ1) is 23.9. The van der Waals surface area contributed by atoms with Crippen LogP contribution in [0.5, 0.6) is 11.5 Å². The Morgan fingerprint density at radius 2 is 1.88 bits per heavy atom. The fraction of sp³-hybridized carbons (Fsp3) is 0.429. The number of allylic oxidation sites excluding steroid dienone is 1. The predicted molar refractivity (Wildman–Crippen MR) is 134 cm³/mol. The molecule has 1 N–H and O–H groups in total. The smallest absolute Gasteiger partial charge is 0.227 e. The zero-order chi connectivity index (χ0) is 24.5. The van der Waals surface area contributed by atoms with Crippen molar-refractivity contribution in [1.82, 2.24) is 0 Å². The number of rotatable bonds is 6. The second-order valence-electron chi connectivity index (χ2n) is 9.85. The van der Waals surface area contributed by atoms with E-state index in [9.17, 15) is 9.59 Å². The van der Waals surface area contributed by atoms with E-state index in [4.69, 9.17) is 9.47 Å². The molecule has 1 aliphatic heterocycles. The van der Waals surface area contributed by atoms with Crippen LogP contribution in [0, 0.1) is 5.41 Å². The second kappa shape index (κ2) is 9.53. The summed E-state index contributed by atoms with van der Waals surface area (Å²) in [5, 5.41) is 3.55. The zero-order valence-electron chi connectivity index (χ0n) is 20.7. The van der Waals surface area contributed by atoms with Crippen molar-refractivity contribution in [3.63, 3.8) is 0 Å². The number of benzene rings is 2. The molecular weight excluding hydrogens is 428 g/mol. The average Bonchev–Trinajstić information content (AvgIpc) is 2.95. The highest BCUT2D eigenvalue weighted by atomic mass is 16.5. The van der Waals surface area contributed by atoms with Crippen LogP contribution >= 0.6 is 0 Å². The average molecular weight is 463 g/mol. The van der Waals surface area contributed by atoms with Crippen LogP contribution in [0.25, 0.3) is 0 Å². The molecule has 1 unspecified atom stereocenters. The third-order valence-electron chi connectivity index (χ3n) is 6.65. The van der Waals surface area contributed by atoms with E-state index in [-0.39, 0.29) is 17.1 Å². The van der Waals surface area contributed by atoms with E-state index in [1.165, 1.54) is 0 Å². The van der Waals surface area contributed by atoms with Gasteiger partial charge in [0.1, 0.15) is 11.5 Å². The topological polar surface area (TPSA) is 67.9 Å². The van der Waals surface area contributed by atoms with Gasteiger partial charge in [0.15, 0.2) is 5.78 Å². The van der Waals surface area contributed by atoms with Crippen molar-refractivity contribution in [1.29, 1.82) is 0 Å². The number of para-hydroxylation sites is 2.